The Hall–Kier alpha value is -1.51. The van der Waals surface area contributed by atoms with Gasteiger partial charge in [0.1, 0.15) is 4.90 Å². The van der Waals surface area contributed by atoms with Crippen molar-refractivity contribution in [2.45, 2.75) is 43.7 Å². The predicted molar refractivity (Wildman–Crippen MR) is 97.6 cm³/mol. The second-order valence-corrected chi connectivity index (χ2v) is 10.5. The Kier molecular flexibility index (Phi) is 4.87. The Bertz CT molecular complexity index is 981. The fourth-order valence-corrected chi connectivity index (χ4v) is 7.24. The number of rotatable bonds is 5. The fourth-order valence-electron chi connectivity index (χ4n) is 3.35. The molecule has 1 aliphatic heterocycles. The van der Waals surface area contributed by atoms with Gasteiger partial charge in [0.2, 0.25) is 10.0 Å². The van der Waals surface area contributed by atoms with E-state index in [0.717, 1.165) is 5.39 Å². The summed E-state index contributed by atoms with van der Waals surface area (Å²) in [5, 5.41) is 0.742. The van der Waals surface area contributed by atoms with Crippen LogP contribution in [0.15, 0.2) is 41.4 Å². The van der Waals surface area contributed by atoms with Crippen LogP contribution in [0.1, 0.15) is 26.7 Å². The highest BCUT2D eigenvalue weighted by atomic mass is 32.2. The van der Waals surface area contributed by atoms with E-state index in [0.29, 0.717) is 18.4 Å². The van der Waals surface area contributed by atoms with Crippen LogP contribution in [0.3, 0.4) is 0 Å². The quantitative estimate of drug-likeness (QED) is 0.792. The van der Waals surface area contributed by atoms with Crippen molar-refractivity contribution >= 4 is 30.8 Å². The van der Waals surface area contributed by atoms with Crippen LogP contribution in [0, 0.1) is 0 Å². The largest absolute Gasteiger partial charge is 0.255 e. The molecule has 2 aromatic rings. The molecule has 25 heavy (non-hydrogen) atoms. The third-order valence-corrected chi connectivity index (χ3v) is 8.59. The van der Waals surface area contributed by atoms with E-state index >= 15 is 0 Å². The number of hydrogen-bond donors (Lipinski definition) is 0. The SMILES string of the molecule is CC[C@@H](C)N([C@H]1CCS(=O)(=O)C1)S(=O)(=O)c1cccc2cccnc12. The van der Waals surface area contributed by atoms with Gasteiger partial charge >= 0.3 is 0 Å². The van der Waals surface area contributed by atoms with Gasteiger partial charge in [-0.15, -0.1) is 0 Å². The van der Waals surface area contributed by atoms with Crippen molar-refractivity contribution in [1.82, 2.24) is 9.29 Å². The molecule has 3 rings (SSSR count). The molecular formula is C17H22N2O4S2. The molecule has 0 spiro atoms. The van der Waals surface area contributed by atoms with Crippen molar-refractivity contribution in [3.63, 3.8) is 0 Å². The molecule has 2 heterocycles. The molecule has 6 nitrogen and oxygen atoms in total. The fraction of sp³-hybridized carbons (Fsp3) is 0.471. The Labute approximate surface area is 148 Å². The zero-order chi connectivity index (χ0) is 18.2. The Morgan fingerprint density at radius 2 is 2.00 bits per heavy atom. The summed E-state index contributed by atoms with van der Waals surface area (Å²) in [6.45, 7) is 3.72. The number of pyridine rings is 1. The van der Waals surface area contributed by atoms with Crippen LogP contribution in [0.4, 0.5) is 0 Å². The minimum absolute atomic E-state index is 0.0356. The minimum atomic E-state index is -3.87. The lowest BCUT2D eigenvalue weighted by Crippen LogP contribution is -2.46. The van der Waals surface area contributed by atoms with Gasteiger partial charge in [-0.05, 0) is 31.9 Å². The number of nitrogens with zero attached hydrogens (tertiary/aromatic N) is 2. The molecule has 1 fully saturated rings. The smallest absolute Gasteiger partial charge is 0.245 e. The predicted octanol–water partition coefficient (Wildman–Crippen LogP) is 2.21. The van der Waals surface area contributed by atoms with Crippen molar-refractivity contribution in [3.8, 4) is 0 Å². The van der Waals surface area contributed by atoms with E-state index in [1.165, 1.54) is 4.31 Å². The molecule has 8 heteroatoms. The van der Waals surface area contributed by atoms with Gasteiger partial charge < -0.3 is 0 Å². The summed E-state index contributed by atoms with van der Waals surface area (Å²) in [6, 6.07) is 7.81. The molecule has 2 atom stereocenters. The zero-order valence-electron chi connectivity index (χ0n) is 14.3. The zero-order valence-corrected chi connectivity index (χ0v) is 15.9. The maximum atomic E-state index is 13.4. The highest BCUT2D eigenvalue weighted by Crippen LogP contribution is 2.31. The van der Waals surface area contributed by atoms with E-state index in [1.807, 2.05) is 26.0 Å². The van der Waals surface area contributed by atoms with Crippen molar-refractivity contribution in [2.75, 3.05) is 11.5 Å². The van der Waals surface area contributed by atoms with Crippen molar-refractivity contribution in [1.29, 1.82) is 0 Å². The van der Waals surface area contributed by atoms with Crippen molar-refractivity contribution in [2.24, 2.45) is 0 Å². The van der Waals surface area contributed by atoms with Crippen LogP contribution in [0.5, 0.6) is 0 Å². The van der Waals surface area contributed by atoms with Gasteiger partial charge in [-0.3, -0.25) is 4.98 Å². The Morgan fingerprint density at radius 1 is 1.28 bits per heavy atom. The summed E-state index contributed by atoms with van der Waals surface area (Å²) < 4.78 is 52.1. The lowest BCUT2D eigenvalue weighted by molar-refractivity contribution is 0.271. The average molecular weight is 383 g/mol. The van der Waals surface area contributed by atoms with E-state index in [-0.39, 0.29) is 22.4 Å². The number of aromatic nitrogens is 1. The van der Waals surface area contributed by atoms with E-state index in [1.54, 1.807) is 24.4 Å². The first-order valence-corrected chi connectivity index (χ1v) is 11.6. The van der Waals surface area contributed by atoms with Crippen LogP contribution in [0.2, 0.25) is 0 Å². The molecule has 136 valence electrons. The highest BCUT2D eigenvalue weighted by molar-refractivity contribution is 7.92. The molecule has 1 aromatic heterocycles. The third kappa shape index (κ3) is 3.43. The first-order valence-electron chi connectivity index (χ1n) is 8.34. The second-order valence-electron chi connectivity index (χ2n) is 6.48. The van der Waals surface area contributed by atoms with Crippen LogP contribution >= 0.6 is 0 Å². The van der Waals surface area contributed by atoms with Gasteiger partial charge in [-0.1, -0.05) is 25.1 Å². The first kappa shape index (κ1) is 18.3. The molecule has 0 saturated carbocycles. The number of hydrogen-bond acceptors (Lipinski definition) is 5. The van der Waals surface area contributed by atoms with Crippen LogP contribution in [-0.4, -0.2) is 49.7 Å². The van der Waals surface area contributed by atoms with E-state index in [9.17, 15) is 16.8 Å². The van der Waals surface area contributed by atoms with E-state index in [4.69, 9.17) is 0 Å². The molecule has 0 amide bonds. The molecule has 0 unspecified atom stereocenters. The van der Waals surface area contributed by atoms with Gasteiger partial charge in [0, 0.05) is 23.7 Å². The monoisotopic (exact) mass is 382 g/mol. The first-order chi connectivity index (χ1) is 11.8. The van der Waals surface area contributed by atoms with Gasteiger partial charge in [-0.25, -0.2) is 16.8 Å². The Balaban J connectivity index is 2.14. The lowest BCUT2D eigenvalue weighted by atomic mass is 10.2. The number of benzene rings is 1. The van der Waals surface area contributed by atoms with Crippen LogP contribution < -0.4 is 0 Å². The Morgan fingerprint density at radius 3 is 2.64 bits per heavy atom. The number of sulfone groups is 1. The van der Waals surface area contributed by atoms with Gasteiger partial charge in [-0.2, -0.15) is 4.31 Å². The van der Waals surface area contributed by atoms with Crippen molar-refractivity contribution in [3.05, 3.63) is 36.5 Å². The summed E-state index contributed by atoms with van der Waals surface area (Å²) in [4.78, 5) is 4.38. The van der Waals surface area contributed by atoms with Gasteiger partial charge in [0.25, 0.3) is 0 Å². The molecule has 0 radical (unpaired) electrons. The molecule has 0 N–H and O–H groups in total. The van der Waals surface area contributed by atoms with Crippen LogP contribution in [-0.2, 0) is 19.9 Å². The van der Waals surface area contributed by atoms with Gasteiger partial charge in [0.05, 0.1) is 17.0 Å². The van der Waals surface area contributed by atoms with Gasteiger partial charge in [0.15, 0.2) is 9.84 Å². The summed E-state index contributed by atoms with van der Waals surface area (Å²) >= 11 is 0. The maximum Gasteiger partial charge on any atom is 0.245 e. The molecule has 1 aliphatic rings. The highest BCUT2D eigenvalue weighted by Gasteiger charge is 2.41. The lowest BCUT2D eigenvalue weighted by Gasteiger charge is -2.32. The molecular weight excluding hydrogens is 360 g/mol. The van der Waals surface area contributed by atoms with E-state index in [2.05, 4.69) is 4.98 Å². The van der Waals surface area contributed by atoms with Crippen molar-refractivity contribution < 1.29 is 16.8 Å². The molecule has 0 aliphatic carbocycles. The number of fused-ring (bicyclic) bond motifs is 1. The normalized spacial score (nSPS) is 21.6. The molecule has 0 bridgehead atoms. The van der Waals surface area contributed by atoms with E-state index < -0.39 is 25.9 Å². The number of para-hydroxylation sites is 1. The minimum Gasteiger partial charge on any atom is -0.255 e. The summed E-state index contributed by atoms with van der Waals surface area (Å²) in [7, 11) is -7.06. The summed E-state index contributed by atoms with van der Waals surface area (Å²) in [5.74, 6) is -0.0807. The molecule has 1 saturated heterocycles. The topological polar surface area (TPSA) is 84.4 Å². The number of sulfonamides is 1. The molecule has 1 aromatic carbocycles. The third-order valence-electron chi connectivity index (χ3n) is 4.74. The second kappa shape index (κ2) is 6.66. The maximum absolute atomic E-state index is 13.4. The summed E-state index contributed by atoms with van der Waals surface area (Å²) in [5.41, 5.74) is 0.416. The summed E-state index contributed by atoms with van der Waals surface area (Å²) in [6.07, 6.45) is 2.51. The standard InChI is InChI=1S/C17H22N2O4S2/c1-3-13(2)19(15-9-11-24(20,21)12-15)25(22,23)16-8-4-6-14-7-5-10-18-17(14)16/h4-8,10,13,15H,3,9,11-12H2,1-2H3/t13-,15+/m1/s1. The average Bonchev–Trinajstić information content (AvgIpc) is 2.93. The van der Waals surface area contributed by atoms with Crippen LogP contribution in [0.25, 0.3) is 10.9 Å².